The van der Waals surface area contributed by atoms with E-state index in [9.17, 15) is 4.79 Å². The van der Waals surface area contributed by atoms with Gasteiger partial charge in [-0.05, 0) is 32.9 Å². The number of para-hydroxylation sites is 1. The molecular formula is C12H13NO3. The Kier molecular flexibility index (Phi) is 2.42. The minimum absolute atomic E-state index is 0.227. The van der Waals surface area contributed by atoms with E-state index in [1.165, 1.54) is 0 Å². The maximum absolute atomic E-state index is 11.8. The fourth-order valence-electron chi connectivity index (χ4n) is 1.36. The lowest BCUT2D eigenvalue weighted by Crippen LogP contribution is -2.24. The Morgan fingerprint density at radius 3 is 2.69 bits per heavy atom. The topological polar surface area (TPSA) is 52.3 Å². The Balaban J connectivity index is 2.37. The summed E-state index contributed by atoms with van der Waals surface area (Å²) in [5, 5.41) is 4.41. The van der Waals surface area contributed by atoms with E-state index in [2.05, 4.69) is 5.16 Å². The number of carbonyl (C=O) groups excluding carboxylic acids is 1. The first kappa shape index (κ1) is 10.7. The zero-order valence-electron chi connectivity index (χ0n) is 9.48. The van der Waals surface area contributed by atoms with Crippen LogP contribution in [0.3, 0.4) is 0 Å². The van der Waals surface area contributed by atoms with Gasteiger partial charge in [-0.15, -0.1) is 0 Å². The van der Waals surface area contributed by atoms with Gasteiger partial charge in [0.25, 0.3) is 0 Å². The predicted octanol–water partition coefficient (Wildman–Crippen LogP) is 2.78. The quantitative estimate of drug-likeness (QED) is 0.692. The largest absolute Gasteiger partial charge is 0.455 e. The Morgan fingerprint density at radius 2 is 2.00 bits per heavy atom. The summed E-state index contributed by atoms with van der Waals surface area (Å²) in [6, 6.07) is 7.20. The van der Waals surface area contributed by atoms with Crippen LogP contribution in [0.15, 0.2) is 28.8 Å². The summed E-state index contributed by atoms with van der Waals surface area (Å²) >= 11 is 0. The van der Waals surface area contributed by atoms with Crippen LogP contribution in [-0.4, -0.2) is 16.7 Å². The number of hydrogen-bond donors (Lipinski definition) is 0. The van der Waals surface area contributed by atoms with Gasteiger partial charge in [-0.25, -0.2) is 4.79 Å². The van der Waals surface area contributed by atoms with E-state index >= 15 is 0 Å². The van der Waals surface area contributed by atoms with Crippen LogP contribution in [0, 0.1) is 0 Å². The summed E-state index contributed by atoms with van der Waals surface area (Å²) < 4.78 is 10.3. The number of carbonyl (C=O) groups is 1. The highest BCUT2D eigenvalue weighted by atomic mass is 16.6. The van der Waals surface area contributed by atoms with Crippen LogP contribution in [0.1, 0.15) is 31.3 Å². The molecule has 0 aliphatic carbocycles. The molecule has 0 aliphatic heterocycles. The van der Waals surface area contributed by atoms with Crippen molar-refractivity contribution in [3.8, 4) is 0 Å². The zero-order chi connectivity index (χ0) is 11.8. The molecule has 0 bridgehead atoms. The van der Waals surface area contributed by atoms with Gasteiger partial charge in [-0.3, -0.25) is 0 Å². The predicted molar refractivity (Wildman–Crippen MR) is 59.2 cm³/mol. The highest BCUT2D eigenvalue weighted by Crippen LogP contribution is 2.20. The molecule has 0 aliphatic rings. The third kappa shape index (κ3) is 2.05. The molecule has 4 heteroatoms. The Hall–Kier alpha value is -1.84. The number of ether oxygens (including phenoxy) is 1. The van der Waals surface area contributed by atoms with Gasteiger partial charge < -0.3 is 9.26 Å². The monoisotopic (exact) mass is 219 g/mol. The van der Waals surface area contributed by atoms with Crippen LogP contribution < -0.4 is 0 Å². The lowest BCUT2D eigenvalue weighted by atomic mass is 10.2. The lowest BCUT2D eigenvalue weighted by Gasteiger charge is -2.18. The second kappa shape index (κ2) is 3.63. The maximum Gasteiger partial charge on any atom is 0.361 e. The second-order valence-corrected chi connectivity index (χ2v) is 4.53. The van der Waals surface area contributed by atoms with E-state index in [0.717, 1.165) is 0 Å². The Labute approximate surface area is 93.2 Å². The lowest BCUT2D eigenvalue weighted by molar-refractivity contribution is 0.00610. The van der Waals surface area contributed by atoms with E-state index in [1.54, 1.807) is 12.1 Å². The molecule has 0 atom stereocenters. The molecule has 1 heterocycles. The van der Waals surface area contributed by atoms with Crippen molar-refractivity contribution >= 4 is 16.9 Å². The van der Waals surface area contributed by atoms with Crippen LogP contribution in [0.25, 0.3) is 11.0 Å². The third-order valence-corrected chi connectivity index (χ3v) is 1.97. The average molecular weight is 219 g/mol. The summed E-state index contributed by atoms with van der Waals surface area (Å²) in [4.78, 5) is 11.8. The minimum atomic E-state index is -0.531. The van der Waals surface area contributed by atoms with Crippen LogP contribution in [0.2, 0.25) is 0 Å². The first-order valence-electron chi connectivity index (χ1n) is 5.05. The first-order valence-corrected chi connectivity index (χ1v) is 5.05. The number of nitrogens with zero attached hydrogens (tertiary/aromatic N) is 1. The highest BCUT2D eigenvalue weighted by Gasteiger charge is 2.22. The standard InChI is InChI=1S/C12H13NO3/c1-12(2,3)15-11(14)10-8-6-4-5-7-9(8)16-13-10/h4-7H,1-3H3. The summed E-state index contributed by atoms with van der Waals surface area (Å²) in [5.74, 6) is -0.461. The van der Waals surface area contributed by atoms with Gasteiger partial charge in [-0.1, -0.05) is 17.3 Å². The number of esters is 1. The molecule has 0 unspecified atom stereocenters. The zero-order valence-corrected chi connectivity index (χ0v) is 9.48. The van der Waals surface area contributed by atoms with Crippen molar-refractivity contribution < 1.29 is 14.1 Å². The molecule has 0 saturated carbocycles. The second-order valence-electron chi connectivity index (χ2n) is 4.53. The van der Waals surface area contributed by atoms with Gasteiger partial charge in [0.1, 0.15) is 5.60 Å². The smallest absolute Gasteiger partial charge is 0.361 e. The van der Waals surface area contributed by atoms with E-state index in [4.69, 9.17) is 9.26 Å². The van der Waals surface area contributed by atoms with Gasteiger partial charge in [0.2, 0.25) is 0 Å². The van der Waals surface area contributed by atoms with E-state index in [1.807, 2.05) is 32.9 Å². The van der Waals surface area contributed by atoms with Crippen molar-refractivity contribution in [2.75, 3.05) is 0 Å². The summed E-state index contributed by atoms with van der Waals surface area (Å²) in [5.41, 5.74) is 0.283. The van der Waals surface area contributed by atoms with Gasteiger partial charge in [0.15, 0.2) is 11.3 Å². The molecule has 0 radical (unpaired) electrons. The maximum atomic E-state index is 11.8. The van der Waals surface area contributed by atoms with Crippen molar-refractivity contribution in [2.45, 2.75) is 26.4 Å². The SMILES string of the molecule is CC(C)(C)OC(=O)c1noc2ccccc12. The molecule has 0 N–H and O–H groups in total. The van der Waals surface area contributed by atoms with Crippen molar-refractivity contribution in [3.63, 3.8) is 0 Å². The van der Waals surface area contributed by atoms with Crippen LogP contribution in [-0.2, 0) is 4.74 Å². The molecule has 84 valence electrons. The molecule has 0 spiro atoms. The molecule has 2 aromatic rings. The molecule has 2 rings (SSSR count). The fraction of sp³-hybridized carbons (Fsp3) is 0.333. The van der Waals surface area contributed by atoms with E-state index in [-0.39, 0.29) is 5.69 Å². The number of benzene rings is 1. The van der Waals surface area contributed by atoms with Crippen LogP contribution in [0.5, 0.6) is 0 Å². The molecule has 16 heavy (non-hydrogen) atoms. The van der Waals surface area contributed by atoms with Gasteiger partial charge in [0.05, 0.1) is 5.39 Å². The molecule has 0 amide bonds. The molecular weight excluding hydrogens is 206 g/mol. The van der Waals surface area contributed by atoms with Crippen LogP contribution in [0.4, 0.5) is 0 Å². The highest BCUT2D eigenvalue weighted by molar-refractivity contribution is 6.01. The van der Waals surface area contributed by atoms with Gasteiger partial charge in [0, 0.05) is 0 Å². The molecule has 0 saturated heterocycles. The Bertz CT molecular complexity index is 522. The van der Waals surface area contributed by atoms with E-state index in [0.29, 0.717) is 11.0 Å². The van der Waals surface area contributed by atoms with E-state index < -0.39 is 11.6 Å². The number of hydrogen-bond acceptors (Lipinski definition) is 4. The first-order chi connectivity index (χ1) is 7.47. The minimum Gasteiger partial charge on any atom is -0.455 e. The third-order valence-electron chi connectivity index (χ3n) is 1.97. The number of fused-ring (bicyclic) bond motifs is 1. The Morgan fingerprint density at radius 1 is 1.31 bits per heavy atom. The molecule has 0 fully saturated rings. The number of rotatable bonds is 1. The van der Waals surface area contributed by atoms with Crippen molar-refractivity contribution in [1.82, 2.24) is 5.16 Å². The summed E-state index contributed by atoms with van der Waals surface area (Å²) in [6.07, 6.45) is 0. The van der Waals surface area contributed by atoms with Crippen LogP contribution >= 0.6 is 0 Å². The molecule has 4 nitrogen and oxygen atoms in total. The normalized spacial score (nSPS) is 11.7. The molecule has 1 aromatic carbocycles. The summed E-state index contributed by atoms with van der Waals surface area (Å²) in [6.45, 7) is 5.44. The van der Waals surface area contributed by atoms with Gasteiger partial charge in [-0.2, -0.15) is 0 Å². The fourth-order valence-corrected chi connectivity index (χ4v) is 1.36. The molecule has 1 aromatic heterocycles. The van der Waals surface area contributed by atoms with Crippen molar-refractivity contribution in [2.24, 2.45) is 0 Å². The van der Waals surface area contributed by atoms with Gasteiger partial charge >= 0.3 is 5.97 Å². The average Bonchev–Trinajstić information content (AvgIpc) is 2.58. The van der Waals surface area contributed by atoms with Crippen molar-refractivity contribution in [1.29, 1.82) is 0 Å². The summed E-state index contributed by atoms with van der Waals surface area (Å²) in [7, 11) is 0. The van der Waals surface area contributed by atoms with Crippen molar-refractivity contribution in [3.05, 3.63) is 30.0 Å². The number of aromatic nitrogens is 1.